The summed E-state index contributed by atoms with van der Waals surface area (Å²) in [7, 11) is 0. The van der Waals surface area contributed by atoms with Gasteiger partial charge in [-0.25, -0.2) is 0 Å². The van der Waals surface area contributed by atoms with Crippen molar-refractivity contribution in [3.63, 3.8) is 0 Å². The molecule has 0 aromatic heterocycles. The van der Waals surface area contributed by atoms with Crippen LogP contribution in [0.5, 0.6) is 0 Å². The highest BCUT2D eigenvalue weighted by Crippen LogP contribution is 2.09. The normalized spacial score (nSPS) is 32.2. The number of hydrogen-bond acceptors (Lipinski definition) is 3. The smallest absolute Gasteiger partial charge is 0.302 e. The molecule has 1 N–H and O–H groups in total. The van der Waals surface area contributed by atoms with Crippen molar-refractivity contribution in [2.24, 2.45) is 0 Å². The SMILES string of the molecule is CC(=O)OC1CN[C@@H](C)C1. The third kappa shape index (κ3) is 1.99. The van der Waals surface area contributed by atoms with Crippen LogP contribution >= 0.6 is 0 Å². The maximum absolute atomic E-state index is 10.5. The molecule has 1 saturated heterocycles. The lowest BCUT2D eigenvalue weighted by Crippen LogP contribution is -2.20. The maximum atomic E-state index is 10.5. The summed E-state index contributed by atoms with van der Waals surface area (Å²) in [6.45, 7) is 4.34. The molecular formula is C7H13NO2. The van der Waals surface area contributed by atoms with E-state index in [0.717, 1.165) is 13.0 Å². The Morgan fingerprint density at radius 2 is 2.40 bits per heavy atom. The molecule has 3 nitrogen and oxygen atoms in total. The van der Waals surface area contributed by atoms with Gasteiger partial charge in [0.25, 0.3) is 0 Å². The average molecular weight is 143 g/mol. The molecule has 0 amide bonds. The van der Waals surface area contributed by atoms with Crippen LogP contribution in [0.1, 0.15) is 20.3 Å². The summed E-state index contributed by atoms with van der Waals surface area (Å²) >= 11 is 0. The van der Waals surface area contributed by atoms with E-state index in [4.69, 9.17) is 4.74 Å². The van der Waals surface area contributed by atoms with E-state index in [-0.39, 0.29) is 12.1 Å². The Kier molecular flexibility index (Phi) is 2.27. The van der Waals surface area contributed by atoms with Crippen LogP contribution in [0.4, 0.5) is 0 Å². The molecule has 1 heterocycles. The number of carbonyl (C=O) groups excluding carboxylic acids is 1. The monoisotopic (exact) mass is 143 g/mol. The van der Waals surface area contributed by atoms with Crippen LogP contribution in [0.25, 0.3) is 0 Å². The van der Waals surface area contributed by atoms with Crippen molar-refractivity contribution in [1.29, 1.82) is 0 Å². The van der Waals surface area contributed by atoms with Gasteiger partial charge in [0.1, 0.15) is 6.10 Å². The zero-order chi connectivity index (χ0) is 7.56. The number of hydrogen-bond donors (Lipinski definition) is 1. The van der Waals surface area contributed by atoms with E-state index >= 15 is 0 Å². The van der Waals surface area contributed by atoms with Gasteiger partial charge in [-0.1, -0.05) is 0 Å². The number of esters is 1. The molecular weight excluding hydrogens is 130 g/mol. The fourth-order valence-corrected chi connectivity index (χ4v) is 1.22. The minimum atomic E-state index is -0.180. The molecule has 2 atom stereocenters. The Morgan fingerprint density at radius 3 is 2.80 bits per heavy atom. The van der Waals surface area contributed by atoms with Crippen molar-refractivity contribution >= 4 is 5.97 Å². The van der Waals surface area contributed by atoms with Crippen molar-refractivity contribution in [3.8, 4) is 0 Å². The van der Waals surface area contributed by atoms with Gasteiger partial charge in [0.05, 0.1) is 0 Å². The molecule has 0 aliphatic carbocycles. The minimum absolute atomic E-state index is 0.104. The van der Waals surface area contributed by atoms with Crippen LogP contribution in [-0.2, 0) is 9.53 Å². The fourth-order valence-electron chi connectivity index (χ4n) is 1.22. The van der Waals surface area contributed by atoms with E-state index in [1.54, 1.807) is 0 Å². The lowest BCUT2D eigenvalue weighted by molar-refractivity contribution is -0.145. The quantitative estimate of drug-likeness (QED) is 0.536. The zero-order valence-electron chi connectivity index (χ0n) is 6.39. The first-order valence-corrected chi connectivity index (χ1v) is 3.59. The first-order valence-electron chi connectivity index (χ1n) is 3.59. The molecule has 0 saturated carbocycles. The van der Waals surface area contributed by atoms with Gasteiger partial charge < -0.3 is 10.1 Å². The summed E-state index contributed by atoms with van der Waals surface area (Å²) in [5, 5.41) is 3.20. The predicted molar refractivity (Wildman–Crippen MR) is 37.6 cm³/mol. The molecule has 10 heavy (non-hydrogen) atoms. The largest absolute Gasteiger partial charge is 0.461 e. The third-order valence-electron chi connectivity index (χ3n) is 1.64. The topological polar surface area (TPSA) is 38.3 Å². The van der Waals surface area contributed by atoms with Crippen LogP contribution in [0, 0.1) is 0 Å². The number of nitrogens with one attached hydrogen (secondary N) is 1. The van der Waals surface area contributed by atoms with Crippen LogP contribution < -0.4 is 5.32 Å². The summed E-state index contributed by atoms with van der Waals surface area (Å²) in [6, 6.07) is 0.490. The Labute approximate surface area is 60.7 Å². The molecule has 1 aliphatic heterocycles. The predicted octanol–water partition coefficient (Wildman–Crippen LogP) is 0.300. The third-order valence-corrected chi connectivity index (χ3v) is 1.64. The van der Waals surface area contributed by atoms with Gasteiger partial charge in [-0.2, -0.15) is 0 Å². The molecule has 1 unspecified atom stereocenters. The second-order valence-corrected chi connectivity index (χ2v) is 2.78. The van der Waals surface area contributed by atoms with Crippen molar-refractivity contribution in [2.75, 3.05) is 6.54 Å². The molecule has 0 spiro atoms. The highest BCUT2D eigenvalue weighted by molar-refractivity contribution is 5.66. The number of carbonyl (C=O) groups is 1. The van der Waals surface area contributed by atoms with E-state index in [1.165, 1.54) is 6.92 Å². The van der Waals surface area contributed by atoms with Gasteiger partial charge in [0.15, 0.2) is 0 Å². The van der Waals surface area contributed by atoms with E-state index in [0.29, 0.717) is 6.04 Å². The first kappa shape index (κ1) is 7.54. The molecule has 3 heteroatoms. The second-order valence-electron chi connectivity index (χ2n) is 2.78. The molecule has 1 aliphatic rings. The molecule has 1 rings (SSSR count). The highest BCUT2D eigenvalue weighted by atomic mass is 16.5. The molecule has 0 aromatic carbocycles. The van der Waals surface area contributed by atoms with Gasteiger partial charge in [-0.15, -0.1) is 0 Å². The molecule has 0 aromatic rings. The van der Waals surface area contributed by atoms with Crippen molar-refractivity contribution in [1.82, 2.24) is 5.32 Å². The standard InChI is InChI=1S/C7H13NO2/c1-5-3-7(4-8-5)10-6(2)9/h5,7-8H,3-4H2,1-2H3/t5-,7?/m0/s1. The zero-order valence-corrected chi connectivity index (χ0v) is 6.39. The summed E-state index contributed by atoms with van der Waals surface area (Å²) in [5.41, 5.74) is 0. The minimum Gasteiger partial charge on any atom is -0.461 e. The molecule has 0 bridgehead atoms. The van der Waals surface area contributed by atoms with Crippen LogP contribution in [-0.4, -0.2) is 24.7 Å². The summed E-state index contributed by atoms with van der Waals surface area (Å²) in [6.07, 6.45) is 1.05. The molecule has 1 fully saturated rings. The Bertz CT molecular complexity index is 136. The second kappa shape index (κ2) is 3.01. The highest BCUT2D eigenvalue weighted by Gasteiger charge is 2.22. The number of rotatable bonds is 1. The van der Waals surface area contributed by atoms with Crippen LogP contribution in [0.2, 0.25) is 0 Å². The molecule has 58 valence electrons. The average Bonchev–Trinajstić information content (AvgIpc) is 2.13. The van der Waals surface area contributed by atoms with Crippen LogP contribution in [0.3, 0.4) is 0 Å². The summed E-state index contributed by atoms with van der Waals surface area (Å²) in [5.74, 6) is -0.180. The van der Waals surface area contributed by atoms with E-state index in [9.17, 15) is 4.79 Å². The molecule has 0 radical (unpaired) electrons. The lowest BCUT2D eigenvalue weighted by Gasteiger charge is -2.07. The Hall–Kier alpha value is -0.570. The van der Waals surface area contributed by atoms with Gasteiger partial charge >= 0.3 is 5.97 Å². The van der Waals surface area contributed by atoms with Crippen LogP contribution in [0.15, 0.2) is 0 Å². The van der Waals surface area contributed by atoms with Crippen molar-refractivity contribution in [2.45, 2.75) is 32.4 Å². The van der Waals surface area contributed by atoms with E-state index < -0.39 is 0 Å². The fraction of sp³-hybridized carbons (Fsp3) is 0.857. The van der Waals surface area contributed by atoms with Gasteiger partial charge in [-0.3, -0.25) is 4.79 Å². The van der Waals surface area contributed by atoms with Crippen molar-refractivity contribution < 1.29 is 9.53 Å². The number of ether oxygens (including phenoxy) is 1. The summed E-state index contributed by atoms with van der Waals surface area (Å²) in [4.78, 5) is 10.5. The maximum Gasteiger partial charge on any atom is 0.302 e. The van der Waals surface area contributed by atoms with E-state index in [2.05, 4.69) is 12.2 Å². The van der Waals surface area contributed by atoms with Gasteiger partial charge in [-0.05, 0) is 6.92 Å². The Balaban J connectivity index is 2.24. The van der Waals surface area contributed by atoms with E-state index in [1.807, 2.05) is 0 Å². The Morgan fingerprint density at radius 1 is 1.70 bits per heavy atom. The lowest BCUT2D eigenvalue weighted by atomic mass is 10.2. The first-order chi connectivity index (χ1) is 4.68. The summed E-state index contributed by atoms with van der Waals surface area (Å²) < 4.78 is 4.98. The van der Waals surface area contributed by atoms with Gasteiger partial charge in [0.2, 0.25) is 0 Å². The van der Waals surface area contributed by atoms with Crippen molar-refractivity contribution in [3.05, 3.63) is 0 Å². The van der Waals surface area contributed by atoms with Gasteiger partial charge in [0, 0.05) is 25.9 Å².